The Balaban J connectivity index is 1.61. The Kier molecular flexibility index (Phi) is 3.56. The Hall–Kier alpha value is -0.170. The molecule has 0 aromatic carbocycles. The van der Waals surface area contributed by atoms with Crippen LogP contribution in [0.5, 0.6) is 0 Å². The van der Waals surface area contributed by atoms with E-state index in [-0.39, 0.29) is 0 Å². The zero-order valence-corrected chi connectivity index (χ0v) is 18.5. The molecule has 23 heavy (non-hydrogen) atoms. The van der Waals surface area contributed by atoms with E-state index in [2.05, 4.69) is 21.5 Å². The van der Waals surface area contributed by atoms with E-state index in [1.54, 1.807) is 11.1 Å². The number of hydrogen-bond acceptors (Lipinski definition) is 0. The maximum atomic E-state index is 2.82. The summed E-state index contributed by atoms with van der Waals surface area (Å²) >= 11 is -2.42. The van der Waals surface area contributed by atoms with Gasteiger partial charge in [0.15, 0.2) is 0 Å². The van der Waals surface area contributed by atoms with Crippen LogP contribution in [0.3, 0.4) is 0 Å². The first-order valence-electron chi connectivity index (χ1n) is 10.0. The third-order valence-electron chi connectivity index (χ3n) is 7.46. The molecule has 122 valence electrons. The van der Waals surface area contributed by atoms with Gasteiger partial charge >= 0.3 is 146 Å². The van der Waals surface area contributed by atoms with Gasteiger partial charge < -0.3 is 0 Å². The quantitative estimate of drug-likeness (QED) is 0.326. The molecule has 1 heteroatoms. The van der Waals surface area contributed by atoms with Gasteiger partial charge in [-0.3, -0.25) is 0 Å². The van der Waals surface area contributed by atoms with Crippen molar-refractivity contribution in [2.24, 2.45) is 0 Å². The summed E-state index contributed by atoms with van der Waals surface area (Å²) in [7, 11) is 0. The molecule has 0 bridgehead atoms. The van der Waals surface area contributed by atoms with Crippen molar-refractivity contribution in [2.75, 3.05) is 0 Å². The van der Waals surface area contributed by atoms with Gasteiger partial charge in [0, 0.05) is 0 Å². The van der Waals surface area contributed by atoms with E-state index in [0.717, 1.165) is 7.35 Å². The van der Waals surface area contributed by atoms with Crippen LogP contribution < -0.4 is 0 Å². The molecule has 0 radical (unpaired) electrons. The summed E-state index contributed by atoms with van der Waals surface area (Å²) in [6, 6.07) is 0. The molecule has 1 aliphatic heterocycles. The van der Waals surface area contributed by atoms with Crippen LogP contribution in [0.15, 0.2) is 45.6 Å². The molecule has 5 aliphatic rings. The Morgan fingerprint density at radius 3 is 1.57 bits per heavy atom. The van der Waals surface area contributed by atoms with E-state index in [1.807, 2.05) is 22.3 Å². The van der Waals surface area contributed by atoms with Crippen LogP contribution in [0.1, 0.15) is 64.2 Å². The summed E-state index contributed by atoms with van der Waals surface area (Å²) in [5.41, 5.74) is 11.3. The second-order valence-corrected chi connectivity index (χ2v) is 26.4. The van der Waals surface area contributed by atoms with Crippen LogP contribution in [0.2, 0.25) is 16.7 Å². The molecule has 1 saturated heterocycles. The molecule has 0 saturated carbocycles. The molecule has 2 unspecified atom stereocenters. The summed E-state index contributed by atoms with van der Waals surface area (Å²) in [6.45, 7) is 0. The van der Waals surface area contributed by atoms with Crippen LogP contribution in [0.25, 0.3) is 0 Å². The topological polar surface area (TPSA) is 0 Å². The fourth-order valence-electron chi connectivity index (χ4n) is 6.70. The molecular weight excluding hydrogens is 443 g/mol. The van der Waals surface area contributed by atoms with Crippen LogP contribution >= 0.6 is 0 Å². The molecule has 0 nitrogen and oxygen atoms in total. The van der Waals surface area contributed by atoms with Crippen molar-refractivity contribution in [3.63, 3.8) is 0 Å². The fourth-order valence-corrected chi connectivity index (χ4v) is 25.2. The van der Waals surface area contributed by atoms with Crippen molar-refractivity contribution in [3.8, 4) is 0 Å². The predicted octanol–water partition coefficient (Wildman–Crippen LogP) is 7.23. The number of fused-ring (bicyclic) bond motifs is 4. The molecule has 1 heterocycles. The normalized spacial score (nSPS) is 35.0. The zero-order valence-electron chi connectivity index (χ0n) is 14.9. The van der Waals surface area contributed by atoms with Gasteiger partial charge in [-0.25, -0.2) is 0 Å². The first kappa shape index (κ1) is 15.1. The SMILES string of the molecule is [CH3][Hf]1([CH3])[CH]2C(=CC3=C2CCCC3)CCC2=CC3=C(CCCC3)[CH]21. The van der Waals surface area contributed by atoms with Crippen molar-refractivity contribution in [3.05, 3.63) is 45.6 Å². The third kappa shape index (κ3) is 2.17. The van der Waals surface area contributed by atoms with Gasteiger partial charge in [0.05, 0.1) is 0 Å². The minimum absolute atomic E-state index is 0.975. The molecule has 0 spiro atoms. The number of hydrogen-bond donors (Lipinski definition) is 0. The first-order valence-corrected chi connectivity index (χ1v) is 21.3. The van der Waals surface area contributed by atoms with Crippen molar-refractivity contribution < 1.29 is 20.0 Å². The molecule has 0 N–H and O–H groups in total. The van der Waals surface area contributed by atoms with Gasteiger partial charge in [-0.1, -0.05) is 0 Å². The van der Waals surface area contributed by atoms with Crippen LogP contribution in [0, 0.1) is 0 Å². The van der Waals surface area contributed by atoms with Crippen molar-refractivity contribution in [1.29, 1.82) is 0 Å². The molecule has 1 fully saturated rings. The van der Waals surface area contributed by atoms with Crippen molar-refractivity contribution >= 4 is 0 Å². The summed E-state index contributed by atoms with van der Waals surface area (Å²) in [5, 5.41) is 0. The second kappa shape index (κ2) is 5.41. The average Bonchev–Trinajstić information content (AvgIpc) is 3.08. The molecule has 5 rings (SSSR count). The van der Waals surface area contributed by atoms with E-state index >= 15 is 0 Å². The molecule has 2 atom stereocenters. The van der Waals surface area contributed by atoms with Crippen molar-refractivity contribution in [1.82, 2.24) is 0 Å². The van der Waals surface area contributed by atoms with E-state index < -0.39 is 20.0 Å². The van der Waals surface area contributed by atoms with Crippen LogP contribution in [0.4, 0.5) is 0 Å². The number of allylic oxidation sites excluding steroid dienone is 8. The van der Waals surface area contributed by atoms with Crippen LogP contribution in [-0.4, -0.2) is 0 Å². The maximum absolute atomic E-state index is 2.82. The predicted molar refractivity (Wildman–Crippen MR) is 95.6 cm³/mol. The van der Waals surface area contributed by atoms with Crippen LogP contribution in [-0.2, 0) is 20.0 Å². The standard InChI is InChI=1S/C20H24.2CH3.Hf/c1-2-6-18-12-15(11-17(18)5-1)9-10-16-13-19-7-3-4-8-20(19)14-16;;;/h11-14H,1-10H2;2*1H3;. The Morgan fingerprint density at radius 1 is 0.652 bits per heavy atom. The van der Waals surface area contributed by atoms with Gasteiger partial charge in [0.1, 0.15) is 0 Å². The van der Waals surface area contributed by atoms with Gasteiger partial charge in [0.25, 0.3) is 0 Å². The second-order valence-electron chi connectivity index (χ2n) is 9.14. The monoisotopic (exact) mass is 474 g/mol. The van der Waals surface area contributed by atoms with Gasteiger partial charge in [-0.2, -0.15) is 0 Å². The van der Waals surface area contributed by atoms with Gasteiger partial charge in [0.2, 0.25) is 0 Å². The Morgan fingerprint density at radius 2 is 1.09 bits per heavy atom. The van der Waals surface area contributed by atoms with Crippen molar-refractivity contribution in [2.45, 2.75) is 80.9 Å². The van der Waals surface area contributed by atoms with Gasteiger partial charge in [-0.05, 0) is 0 Å². The molecule has 0 aromatic rings. The third-order valence-corrected chi connectivity index (χ3v) is 23.3. The summed E-state index contributed by atoms with van der Waals surface area (Å²) in [6.07, 6.45) is 19.6. The summed E-state index contributed by atoms with van der Waals surface area (Å²) in [5.74, 6) is 0. The van der Waals surface area contributed by atoms with E-state index in [9.17, 15) is 0 Å². The molecule has 0 amide bonds. The Labute approximate surface area is 146 Å². The zero-order chi connectivity index (χ0) is 15.6. The summed E-state index contributed by atoms with van der Waals surface area (Å²) < 4.78 is 7.60. The molecule has 0 aromatic heterocycles. The number of rotatable bonds is 0. The fraction of sp³-hybridized carbons (Fsp3) is 0.636. The van der Waals surface area contributed by atoms with E-state index in [1.165, 1.54) is 64.2 Å². The molecule has 4 aliphatic carbocycles. The first-order chi connectivity index (χ1) is 11.2. The minimum atomic E-state index is -2.42. The van der Waals surface area contributed by atoms with Gasteiger partial charge in [-0.15, -0.1) is 0 Å². The molecular formula is C22H30Hf. The Bertz CT molecular complexity index is 625. The van der Waals surface area contributed by atoms with E-state index in [0.29, 0.717) is 0 Å². The summed E-state index contributed by atoms with van der Waals surface area (Å²) in [4.78, 5) is 0. The average molecular weight is 473 g/mol. The van der Waals surface area contributed by atoms with E-state index in [4.69, 9.17) is 0 Å².